The highest BCUT2D eigenvalue weighted by atomic mass is 16.5. The van der Waals surface area contributed by atoms with Gasteiger partial charge in [0, 0.05) is 26.1 Å². The van der Waals surface area contributed by atoms with E-state index in [9.17, 15) is 9.59 Å². The van der Waals surface area contributed by atoms with Crippen LogP contribution in [0.25, 0.3) is 0 Å². The van der Waals surface area contributed by atoms with Crippen molar-refractivity contribution in [2.45, 2.75) is 32.4 Å². The van der Waals surface area contributed by atoms with Gasteiger partial charge in [0.05, 0.1) is 25.4 Å². The lowest BCUT2D eigenvalue weighted by Gasteiger charge is -2.40. The van der Waals surface area contributed by atoms with Crippen molar-refractivity contribution in [3.63, 3.8) is 0 Å². The molecule has 2 heterocycles. The summed E-state index contributed by atoms with van der Waals surface area (Å²) in [4.78, 5) is 29.1. The second kappa shape index (κ2) is 8.81. The third-order valence-electron chi connectivity index (χ3n) is 4.75. The van der Waals surface area contributed by atoms with Crippen LogP contribution >= 0.6 is 0 Å². The molecule has 0 spiro atoms. The van der Waals surface area contributed by atoms with E-state index in [0.29, 0.717) is 25.3 Å². The second-order valence-electron chi connectivity index (χ2n) is 6.62. The minimum absolute atomic E-state index is 0.0578. The number of ether oxygens (including phenoxy) is 1. The van der Waals surface area contributed by atoms with Crippen molar-refractivity contribution in [3.8, 4) is 0 Å². The molecule has 0 radical (unpaired) electrons. The molecule has 0 saturated carbocycles. The fourth-order valence-electron chi connectivity index (χ4n) is 3.24. The standard InChI is InChI=1S/C20H25N3O4/c1-3-16-12-17(27-21-16)13-23-18(11-15-7-5-4-6-8-15)20(25)22(9-10-26-2)14-19(23)24/h4-8,12,18H,3,9-11,13-14H2,1-2H3/t18-/m1/s1. The smallest absolute Gasteiger partial charge is 0.246 e. The lowest BCUT2D eigenvalue weighted by Crippen LogP contribution is -2.60. The molecule has 144 valence electrons. The van der Waals surface area contributed by atoms with Crippen LogP contribution in [-0.2, 0) is 33.7 Å². The summed E-state index contributed by atoms with van der Waals surface area (Å²) >= 11 is 0. The quantitative estimate of drug-likeness (QED) is 0.705. The molecule has 1 aliphatic heterocycles. The first-order valence-corrected chi connectivity index (χ1v) is 9.18. The Balaban J connectivity index is 1.83. The van der Waals surface area contributed by atoms with Crippen molar-refractivity contribution in [3.05, 3.63) is 53.4 Å². The summed E-state index contributed by atoms with van der Waals surface area (Å²) in [5, 5.41) is 3.98. The van der Waals surface area contributed by atoms with E-state index >= 15 is 0 Å². The summed E-state index contributed by atoms with van der Waals surface area (Å²) in [6, 6.07) is 11.0. The Kier molecular flexibility index (Phi) is 6.24. The zero-order chi connectivity index (χ0) is 19.2. The van der Waals surface area contributed by atoms with Gasteiger partial charge in [-0.15, -0.1) is 0 Å². The Hall–Kier alpha value is -2.67. The molecular weight excluding hydrogens is 346 g/mol. The Labute approximate surface area is 158 Å². The highest BCUT2D eigenvalue weighted by Crippen LogP contribution is 2.20. The fraction of sp³-hybridized carbons (Fsp3) is 0.450. The van der Waals surface area contributed by atoms with Gasteiger partial charge in [0.2, 0.25) is 11.8 Å². The first-order chi connectivity index (χ1) is 13.1. The topological polar surface area (TPSA) is 75.9 Å². The predicted molar refractivity (Wildman–Crippen MR) is 98.8 cm³/mol. The molecule has 0 bridgehead atoms. The number of rotatable bonds is 8. The van der Waals surface area contributed by atoms with E-state index in [-0.39, 0.29) is 24.9 Å². The number of aryl methyl sites for hydroxylation is 1. The van der Waals surface area contributed by atoms with E-state index in [1.54, 1.807) is 16.9 Å². The van der Waals surface area contributed by atoms with Crippen molar-refractivity contribution < 1.29 is 18.8 Å². The molecule has 0 aliphatic carbocycles. The Morgan fingerprint density at radius 2 is 2.04 bits per heavy atom. The average molecular weight is 371 g/mol. The summed E-state index contributed by atoms with van der Waals surface area (Å²) in [6.45, 7) is 3.10. The minimum atomic E-state index is -0.569. The average Bonchev–Trinajstić information content (AvgIpc) is 3.14. The molecule has 1 aromatic heterocycles. The Bertz CT molecular complexity index is 775. The second-order valence-corrected chi connectivity index (χ2v) is 6.62. The van der Waals surface area contributed by atoms with E-state index < -0.39 is 6.04 Å². The van der Waals surface area contributed by atoms with Gasteiger partial charge in [-0.2, -0.15) is 0 Å². The van der Waals surface area contributed by atoms with E-state index in [4.69, 9.17) is 9.26 Å². The summed E-state index contributed by atoms with van der Waals surface area (Å²) in [5.41, 5.74) is 1.84. The number of benzene rings is 1. The molecule has 3 rings (SSSR count). The third kappa shape index (κ3) is 4.54. The number of aromatic nitrogens is 1. The number of methoxy groups -OCH3 is 1. The number of carbonyl (C=O) groups is 2. The maximum absolute atomic E-state index is 13.1. The van der Waals surface area contributed by atoms with Gasteiger partial charge >= 0.3 is 0 Å². The van der Waals surface area contributed by atoms with Gasteiger partial charge in [0.15, 0.2) is 5.76 Å². The molecule has 1 aliphatic rings. The molecule has 0 N–H and O–H groups in total. The monoisotopic (exact) mass is 371 g/mol. The lowest BCUT2D eigenvalue weighted by molar-refractivity contribution is -0.157. The first-order valence-electron chi connectivity index (χ1n) is 9.18. The normalized spacial score (nSPS) is 17.6. The number of hydrogen-bond acceptors (Lipinski definition) is 5. The van der Waals surface area contributed by atoms with E-state index in [0.717, 1.165) is 17.7 Å². The van der Waals surface area contributed by atoms with Gasteiger partial charge in [0.25, 0.3) is 0 Å². The molecule has 1 aromatic carbocycles. The molecule has 2 amide bonds. The zero-order valence-corrected chi connectivity index (χ0v) is 15.8. The van der Waals surface area contributed by atoms with Crippen LogP contribution < -0.4 is 0 Å². The predicted octanol–water partition coefficient (Wildman–Crippen LogP) is 1.67. The minimum Gasteiger partial charge on any atom is -0.383 e. The summed E-state index contributed by atoms with van der Waals surface area (Å²) in [7, 11) is 1.58. The molecule has 1 fully saturated rings. The number of nitrogens with zero attached hydrogens (tertiary/aromatic N) is 3. The lowest BCUT2D eigenvalue weighted by atomic mass is 10.0. The van der Waals surface area contributed by atoms with E-state index in [1.165, 1.54) is 0 Å². The molecular formula is C20H25N3O4. The largest absolute Gasteiger partial charge is 0.383 e. The van der Waals surface area contributed by atoms with Crippen LogP contribution in [-0.4, -0.2) is 59.6 Å². The van der Waals surface area contributed by atoms with Gasteiger partial charge in [-0.25, -0.2) is 0 Å². The van der Waals surface area contributed by atoms with E-state index in [2.05, 4.69) is 5.16 Å². The molecule has 1 atom stereocenters. The number of carbonyl (C=O) groups excluding carboxylic acids is 2. The highest BCUT2D eigenvalue weighted by molar-refractivity contribution is 5.95. The fourth-order valence-corrected chi connectivity index (χ4v) is 3.24. The molecule has 0 unspecified atom stereocenters. The van der Waals surface area contributed by atoms with Crippen LogP contribution in [0.15, 0.2) is 40.9 Å². The van der Waals surface area contributed by atoms with Crippen LogP contribution in [0, 0.1) is 0 Å². The SMILES string of the molecule is CCc1cc(CN2C(=O)CN(CCOC)C(=O)[C@H]2Cc2ccccc2)on1. The van der Waals surface area contributed by atoms with Crippen LogP contribution in [0.3, 0.4) is 0 Å². The van der Waals surface area contributed by atoms with Gasteiger partial charge in [-0.05, 0) is 12.0 Å². The Morgan fingerprint density at radius 1 is 1.26 bits per heavy atom. The van der Waals surface area contributed by atoms with Gasteiger partial charge < -0.3 is 19.1 Å². The molecule has 1 saturated heterocycles. The van der Waals surface area contributed by atoms with Crippen molar-refractivity contribution in [2.24, 2.45) is 0 Å². The zero-order valence-electron chi connectivity index (χ0n) is 15.8. The van der Waals surface area contributed by atoms with Gasteiger partial charge in [0.1, 0.15) is 6.04 Å². The van der Waals surface area contributed by atoms with Crippen LogP contribution in [0.1, 0.15) is 23.9 Å². The first kappa shape index (κ1) is 19.1. The highest BCUT2D eigenvalue weighted by Gasteiger charge is 2.39. The number of piperazine rings is 1. The number of amides is 2. The van der Waals surface area contributed by atoms with Crippen LogP contribution in [0.2, 0.25) is 0 Å². The summed E-state index contributed by atoms with van der Waals surface area (Å²) in [5.74, 6) is 0.434. The maximum Gasteiger partial charge on any atom is 0.246 e. The van der Waals surface area contributed by atoms with Crippen LogP contribution in [0.5, 0.6) is 0 Å². The molecule has 7 nitrogen and oxygen atoms in total. The molecule has 27 heavy (non-hydrogen) atoms. The van der Waals surface area contributed by atoms with Crippen molar-refractivity contribution in [2.75, 3.05) is 26.8 Å². The summed E-state index contributed by atoms with van der Waals surface area (Å²) < 4.78 is 10.4. The van der Waals surface area contributed by atoms with E-state index in [1.807, 2.05) is 43.3 Å². The summed E-state index contributed by atoms with van der Waals surface area (Å²) in [6.07, 6.45) is 1.22. The van der Waals surface area contributed by atoms with Crippen molar-refractivity contribution in [1.82, 2.24) is 15.0 Å². The molecule has 7 heteroatoms. The van der Waals surface area contributed by atoms with Gasteiger partial charge in [-0.3, -0.25) is 9.59 Å². The van der Waals surface area contributed by atoms with Gasteiger partial charge in [-0.1, -0.05) is 42.4 Å². The maximum atomic E-state index is 13.1. The van der Waals surface area contributed by atoms with Crippen molar-refractivity contribution >= 4 is 11.8 Å². The Morgan fingerprint density at radius 3 is 2.70 bits per heavy atom. The van der Waals surface area contributed by atoms with Crippen molar-refractivity contribution in [1.29, 1.82) is 0 Å². The number of hydrogen-bond donors (Lipinski definition) is 0. The van der Waals surface area contributed by atoms with Crippen LogP contribution in [0.4, 0.5) is 0 Å². The third-order valence-corrected chi connectivity index (χ3v) is 4.75. The molecule has 2 aromatic rings.